The molecule has 0 aliphatic rings. The fraction of sp³-hybridized carbons (Fsp3) is 0.917. The maximum Gasteiger partial charge on any atom is 0.472 e. The van der Waals surface area contributed by atoms with Gasteiger partial charge in [-0.05, 0) is 38.5 Å². The van der Waals surface area contributed by atoms with Crippen molar-refractivity contribution in [2.75, 3.05) is 33.0 Å². The van der Waals surface area contributed by atoms with Gasteiger partial charge in [0.05, 0.1) is 19.8 Å². The standard InChI is InChI=1S/C36H72NO7P/c1-3-5-7-9-11-13-15-16-17-18-20-22-24-26-28-31-41-33-35(34-43-45(39,40)42-32-30-37)44-36(38)29-27-25-23-21-19-14-12-10-8-6-4-2/h15-16,35H,3-14,17-34,37H2,1-2H3,(H,39,40)/b16-15-. The van der Waals surface area contributed by atoms with E-state index in [4.69, 9.17) is 24.3 Å². The van der Waals surface area contributed by atoms with Crippen molar-refractivity contribution in [2.24, 2.45) is 5.73 Å². The molecular weight excluding hydrogens is 589 g/mol. The van der Waals surface area contributed by atoms with Crippen molar-refractivity contribution in [3.63, 3.8) is 0 Å². The lowest BCUT2D eigenvalue weighted by atomic mass is 10.1. The monoisotopic (exact) mass is 662 g/mol. The van der Waals surface area contributed by atoms with Gasteiger partial charge in [-0.2, -0.15) is 0 Å². The van der Waals surface area contributed by atoms with Crippen LogP contribution in [0.4, 0.5) is 0 Å². The summed E-state index contributed by atoms with van der Waals surface area (Å²) < 4.78 is 33.2. The highest BCUT2D eigenvalue weighted by atomic mass is 31.2. The lowest BCUT2D eigenvalue weighted by molar-refractivity contribution is -0.154. The second-order valence-corrected chi connectivity index (χ2v) is 13.9. The van der Waals surface area contributed by atoms with Gasteiger partial charge in [0.25, 0.3) is 0 Å². The Bertz CT molecular complexity index is 707. The molecular formula is C36H72NO7P. The van der Waals surface area contributed by atoms with E-state index in [9.17, 15) is 14.3 Å². The van der Waals surface area contributed by atoms with E-state index < -0.39 is 13.9 Å². The van der Waals surface area contributed by atoms with Crippen molar-refractivity contribution in [1.29, 1.82) is 0 Å². The SMILES string of the molecule is CCCCCCC/C=C\CCCCCCCCOCC(COP(=O)(O)OCCN)OC(=O)CCCCCCCCCCCCC. The summed E-state index contributed by atoms with van der Waals surface area (Å²) in [6.45, 7) is 4.90. The fourth-order valence-electron chi connectivity index (χ4n) is 5.17. The fourth-order valence-corrected chi connectivity index (χ4v) is 5.93. The van der Waals surface area contributed by atoms with Gasteiger partial charge in [-0.1, -0.05) is 142 Å². The van der Waals surface area contributed by atoms with E-state index >= 15 is 0 Å². The Balaban J connectivity index is 4.08. The summed E-state index contributed by atoms with van der Waals surface area (Å²) in [4.78, 5) is 22.3. The molecule has 0 aromatic heterocycles. The van der Waals surface area contributed by atoms with Gasteiger partial charge in [0.15, 0.2) is 0 Å². The molecule has 3 N–H and O–H groups in total. The largest absolute Gasteiger partial charge is 0.472 e. The summed E-state index contributed by atoms with van der Waals surface area (Å²) in [5.74, 6) is -0.333. The van der Waals surface area contributed by atoms with Crippen molar-refractivity contribution < 1.29 is 32.8 Å². The zero-order valence-electron chi connectivity index (χ0n) is 29.4. The van der Waals surface area contributed by atoms with Gasteiger partial charge < -0.3 is 20.1 Å². The molecule has 2 unspecified atom stereocenters. The van der Waals surface area contributed by atoms with Gasteiger partial charge in [-0.15, -0.1) is 0 Å². The Hall–Kier alpha value is -0.760. The number of esters is 1. The van der Waals surface area contributed by atoms with E-state index in [0.717, 1.165) is 32.1 Å². The molecule has 2 atom stereocenters. The summed E-state index contributed by atoms with van der Waals surface area (Å²) in [6.07, 6.45) is 33.6. The van der Waals surface area contributed by atoms with E-state index in [2.05, 4.69) is 26.0 Å². The number of unbranched alkanes of at least 4 members (excludes halogenated alkanes) is 21. The number of phosphoric ester groups is 1. The van der Waals surface area contributed by atoms with Crippen LogP contribution >= 0.6 is 7.82 Å². The van der Waals surface area contributed by atoms with Crippen molar-refractivity contribution in [2.45, 2.75) is 180 Å². The van der Waals surface area contributed by atoms with Crippen LogP contribution in [0.5, 0.6) is 0 Å². The molecule has 0 bridgehead atoms. The van der Waals surface area contributed by atoms with Crippen LogP contribution in [0.3, 0.4) is 0 Å². The summed E-state index contributed by atoms with van der Waals surface area (Å²) >= 11 is 0. The first-order chi connectivity index (χ1) is 21.9. The first-order valence-electron chi connectivity index (χ1n) is 18.7. The summed E-state index contributed by atoms with van der Waals surface area (Å²) in [6, 6.07) is 0. The Morgan fingerprint density at radius 3 is 1.62 bits per heavy atom. The first kappa shape index (κ1) is 44.2. The molecule has 0 aliphatic carbocycles. The number of carbonyl (C=O) groups excluding carboxylic acids is 1. The predicted octanol–water partition coefficient (Wildman–Crippen LogP) is 10.4. The lowest BCUT2D eigenvalue weighted by Crippen LogP contribution is -2.28. The van der Waals surface area contributed by atoms with Crippen molar-refractivity contribution in [3.05, 3.63) is 12.2 Å². The topological polar surface area (TPSA) is 117 Å². The van der Waals surface area contributed by atoms with E-state index in [1.54, 1.807) is 0 Å². The minimum atomic E-state index is -4.26. The molecule has 0 saturated heterocycles. The second kappa shape index (κ2) is 34.6. The maximum absolute atomic E-state index is 12.5. The number of carbonyl (C=O) groups is 1. The van der Waals surface area contributed by atoms with Crippen LogP contribution in [-0.4, -0.2) is 49.9 Å². The van der Waals surface area contributed by atoms with E-state index in [1.807, 2.05) is 0 Å². The van der Waals surface area contributed by atoms with Crippen molar-refractivity contribution in [3.8, 4) is 0 Å². The van der Waals surface area contributed by atoms with E-state index in [1.165, 1.54) is 122 Å². The Kier molecular flexibility index (Phi) is 34.0. The minimum Gasteiger partial charge on any atom is -0.457 e. The van der Waals surface area contributed by atoms with Gasteiger partial charge in [0.2, 0.25) is 0 Å². The Morgan fingerprint density at radius 1 is 0.644 bits per heavy atom. The van der Waals surface area contributed by atoms with Crippen LogP contribution < -0.4 is 5.73 Å². The molecule has 0 rings (SSSR count). The zero-order valence-corrected chi connectivity index (χ0v) is 30.3. The average molecular weight is 662 g/mol. The minimum absolute atomic E-state index is 0.0938. The molecule has 0 aromatic carbocycles. The van der Waals surface area contributed by atoms with Gasteiger partial charge in [-0.25, -0.2) is 4.57 Å². The molecule has 8 nitrogen and oxygen atoms in total. The van der Waals surface area contributed by atoms with Crippen LogP contribution in [0.25, 0.3) is 0 Å². The third-order valence-electron chi connectivity index (χ3n) is 7.93. The highest BCUT2D eigenvalue weighted by Gasteiger charge is 2.25. The highest BCUT2D eigenvalue weighted by molar-refractivity contribution is 7.47. The number of hydrogen-bond donors (Lipinski definition) is 2. The van der Waals surface area contributed by atoms with E-state index in [0.29, 0.717) is 13.0 Å². The van der Waals surface area contributed by atoms with Gasteiger partial charge in [-0.3, -0.25) is 13.8 Å². The average Bonchev–Trinajstić information content (AvgIpc) is 3.02. The first-order valence-corrected chi connectivity index (χ1v) is 20.2. The zero-order chi connectivity index (χ0) is 33.1. The molecule has 9 heteroatoms. The molecule has 0 aliphatic heterocycles. The molecule has 45 heavy (non-hydrogen) atoms. The predicted molar refractivity (Wildman–Crippen MR) is 187 cm³/mol. The quantitative estimate of drug-likeness (QED) is 0.0295. The van der Waals surface area contributed by atoms with Crippen LogP contribution in [0.15, 0.2) is 12.2 Å². The molecule has 0 fully saturated rings. The number of nitrogens with two attached hydrogens (primary N) is 1. The normalized spacial score (nSPS) is 13.8. The van der Waals surface area contributed by atoms with Crippen molar-refractivity contribution in [1.82, 2.24) is 0 Å². The molecule has 0 radical (unpaired) electrons. The van der Waals surface area contributed by atoms with E-state index in [-0.39, 0.29) is 32.3 Å². The maximum atomic E-state index is 12.5. The molecule has 0 amide bonds. The molecule has 0 spiro atoms. The molecule has 0 aromatic rings. The highest BCUT2D eigenvalue weighted by Crippen LogP contribution is 2.43. The number of ether oxygens (including phenoxy) is 2. The number of phosphoric acid groups is 1. The lowest BCUT2D eigenvalue weighted by Gasteiger charge is -2.20. The van der Waals surface area contributed by atoms with Gasteiger partial charge >= 0.3 is 13.8 Å². The smallest absolute Gasteiger partial charge is 0.457 e. The van der Waals surface area contributed by atoms with Gasteiger partial charge in [0, 0.05) is 19.6 Å². The van der Waals surface area contributed by atoms with Crippen LogP contribution in [0.1, 0.15) is 174 Å². The molecule has 268 valence electrons. The third kappa shape index (κ3) is 34.4. The molecule has 0 saturated carbocycles. The Morgan fingerprint density at radius 2 is 1.11 bits per heavy atom. The van der Waals surface area contributed by atoms with Gasteiger partial charge in [0.1, 0.15) is 6.10 Å². The van der Waals surface area contributed by atoms with Crippen LogP contribution in [-0.2, 0) is 27.9 Å². The molecule has 0 heterocycles. The summed E-state index contributed by atoms with van der Waals surface area (Å²) in [5, 5.41) is 0. The Labute approximate surface area is 277 Å². The number of rotatable bonds is 36. The number of hydrogen-bond acceptors (Lipinski definition) is 7. The summed E-state index contributed by atoms with van der Waals surface area (Å²) in [7, 11) is -4.26. The third-order valence-corrected chi connectivity index (χ3v) is 8.92. The number of allylic oxidation sites excluding steroid dienone is 2. The second-order valence-electron chi connectivity index (χ2n) is 12.4. The van der Waals surface area contributed by atoms with Crippen LogP contribution in [0.2, 0.25) is 0 Å². The summed E-state index contributed by atoms with van der Waals surface area (Å²) in [5.41, 5.74) is 5.34. The van der Waals surface area contributed by atoms with Crippen molar-refractivity contribution >= 4 is 13.8 Å². The van der Waals surface area contributed by atoms with Crippen LogP contribution in [0, 0.1) is 0 Å².